The Morgan fingerprint density at radius 2 is 1.76 bits per heavy atom. The molecule has 1 saturated carbocycles. The van der Waals surface area contributed by atoms with Crippen molar-refractivity contribution in [3.8, 4) is 5.69 Å². The SMILES string of the molecule is CO[C@@H](C)C(=O)N1C[C@H](c2nn(-c3ccc(C(=O)Cc4cc(C5CC5)ccn4)cc3)c3c(N)nccc23)CC[C@@H]1C. The predicted octanol–water partition coefficient (Wildman–Crippen LogP) is 4.83. The van der Waals surface area contributed by atoms with Crippen LogP contribution >= 0.6 is 0 Å². The van der Waals surface area contributed by atoms with Crippen LogP contribution in [-0.4, -0.2) is 62.1 Å². The van der Waals surface area contributed by atoms with Crippen molar-refractivity contribution in [3.05, 3.63) is 77.4 Å². The van der Waals surface area contributed by atoms with Crippen LogP contribution in [0.5, 0.6) is 0 Å². The summed E-state index contributed by atoms with van der Waals surface area (Å²) >= 11 is 0. The second kappa shape index (κ2) is 11.0. The molecule has 1 aliphatic carbocycles. The number of ether oxygens (including phenoxy) is 1. The second-order valence-electron chi connectivity index (χ2n) is 11.4. The zero-order valence-corrected chi connectivity index (χ0v) is 23.8. The number of nitrogens with two attached hydrogens (primary N) is 1. The molecule has 6 rings (SSSR count). The molecule has 9 nitrogen and oxygen atoms in total. The summed E-state index contributed by atoms with van der Waals surface area (Å²) in [5.41, 5.74) is 11.5. The third-order valence-electron chi connectivity index (χ3n) is 8.57. The Kier molecular flexibility index (Phi) is 7.30. The summed E-state index contributed by atoms with van der Waals surface area (Å²) < 4.78 is 7.13. The van der Waals surface area contributed by atoms with Crippen LogP contribution in [0.2, 0.25) is 0 Å². The summed E-state index contributed by atoms with van der Waals surface area (Å²) in [7, 11) is 1.56. The van der Waals surface area contributed by atoms with Gasteiger partial charge in [-0.2, -0.15) is 5.10 Å². The molecule has 4 heterocycles. The highest BCUT2D eigenvalue weighted by atomic mass is 16.5. The number of piperidine rings is 1. The fraction of sp³-hybridized carbons (Fsp3) is 0.406. The average Bonchev–Trinajstić information content (AvgIpc) is 3.77. The molecular formula is C32H36N6O3. The molecule has 1 aromatic carbocycles. The monoisotopic (exact) mass is 552 g/mol. The van der Waals surface area contributed by atoms with Crippen molar-refractivity contribution in [1.82, 2.24) is 24.6 Å². The number of likely N-dealkylation sites (tertiary alicyclic amines) is 1. The molecule has 0 radical (unpaired) electrons. The molecule has 41 heavy (non-hydrogen) atoms. The lowest BCUT2D eigenvalue weighted by atomic mass is 9.89. The maximum absolute atomic E-state index is 13.1. The molecule has 1 amide bonds. The highest BCUT2D eigenvalue weighted by Gasteiger charge is 2.34. The lowest BCUT2D eigenvalue weighted by Crippen LogP contribution is -2.48. The Hall–Kier alpha value is -4.11. The third-order valence-corrected chi connectivity index (χ3v) is 8.57. The van der Waals surface area contributed by atoms with Gasteiger partial charge < -0.3 is 15.4 Å². The van der Waals surface area contributed by atoms with Gasteiger partial charge in [-0.05, 0) is 93.5 Å². The molecule has 212 valence electrons. The maximum atomic E-state index is 13.1. The number of hydrogen-bond donors (Lipinski definition) is 1. The van der Waals surface area contributed by atoms with Crippen LogP contribution in [0.3, 0.4) is 0 Å². The van der Waals surface area contributed by atoms with E-state index in [9.17, 15) is 9.59 Å². The Morgan fingerprint density at radius 3 is 2.49 bits per heavy atom. The van der Waals surface area contributed by atoms with E-state index in [-0.39, 0.29) is 30.1 Å². The zero-order chi connectivity index (χ0) is 28.7. The highest BCUT2D eigenvalue weighted by molar-refractivity contribution is 5.97. The topological polar surface area (TPSA) is 116 Å². The van der Waals surface area contributed by atoms with Crippen molar-refractivity contribution in [2.75, 3.05) is 19.4 Å². The van der Waals surface area contributed by atoms with Crippen LogP contribution in [-0.2, 0) is 16.0 Å². The van der Waals surface area contributed by atoms with Gasteiger partial charge in [0.1, 0.15) is 17.4 Å². The zero-order valence-electron chi connectivity index (χ0n) is 23.8. The quantitative estimate of drug-likeness (QED) is 0.311. The van der Waals surface area contributed by atoms with E-state index in [0.717, 1.165) is 40.8 Å². The maximum Gasteiger partial charge on any atom is 0.251 e. The summed E-state index contributed by atoms with van der Waals surface area (Å²) in [4.78, 5) is 36.8. The van der Waals surface area contributed by atoms with Crippen LogP contribution in [0.4, 0.5) is 5.82 Å². The molecule has 3 aromatic heterocycles. The number of aromatic nitrogens is 4. The van der Waals surface area contributed by atoms with Crippen molar-refractivity contribution >= 4 is 28.4 Å². The molecule has 2 N–H and O–H groups in total. The Labute approximate surface area is 239 Å². The minimum Gasteiger partial charge on any atom is -0.382 e. The number of amides is 1. The number of benzene rings is 1. The predicted molar refractivity (Wildman–Crippen MR) is 157 cm³/mol. The number of ketones is 1. The molecule has 3 atom stereocenters. The number of anilines is 1. The Balaban J connectivity index is 1.27. The molecule has 1 aliphatic heterocycles. The van der Waals surface area contributed by atoms with Crippen LogP contribution in [0.25, 0.3) is 16.6 Å². The van der Waals surface area contributed by atoms with Gasteiger partial charge in [-0.25, -0.2) is 9.67 Å². The van der Waals surface area contributed by atoms with Gasteiger partial charge in [0.2, 0.25) is 0 Å². The molecule has 2 aliphatic rings. The van der Waals surface area contributed by atoms with Gasteiger partial charge in [-0.1, -0.05) is 0 Å². The number of rotatable bonds is 8. The van der Waals surface area contributed by atoms with Gasteiger partial charge in [-0.15, -0.1) is 0 Å². The number of hydrogen-bond acceptors (Lipinski definition) is 7. The van der Waals surface area contributed by atoms with Gasteiger partial charge in [0, 0.05) is 54.7 Å². The largest absolute Gasteiger partial charge is 0.382 e. The second-order valence-corrected chi connectivity index (χ2v) is 11.4. The summed E-state index contributed by atoms with van der Waals surface area (Å²) in [5, 5.41) is 5.96. The smallest absolute Gasteiger partial charge is 0.251 e. The average molecular weight is 553 g/mol. The van der Waals surface area contributed by atoms with Crippen LogP contribution in [0.15, 0.2) is 54.9 Å². The first-order chi connectivity index (χ1) is 19.8. The molecule has 0 spiro atoms. The number of carbonyl (C=O) groups excluding carboxylic acids is 2. The third kappa shape index (κ3) is 5.34. The molecular weight excluding hydrogens is 516 g/mol. The molecule has 0 unspecified atom stereocenters. The van der Waals surface area contributed by atoms with Crippen LogP contribution in [0, 0.1) is 0 Å². The first-order valence-electron chi connectivity index (χ1n) is 14.4. The van der Waals surface area contributed by atoms with E-state index in [4.69, 9.17) is 15.6 Å². The fourth-order valence-corrected chi connectivity index (χ4v) is 5.89. The molecule has 2 fully saturated rings. The van der Waals surface area contributed by atoms with E-state index in [0.29, 0.717) is 23.8 Å². The summed E-state index contributed by atoms with van der Waals surface area (Å²) in [5.74, 6) is 1.06. The van der Waals surface area contributed by atoms with E-state index in [1.807, 2.05) is 46.0 Å². The minimum absolute atomic E-state index is 0.00987. The van der Waals surface area contributed by atoms with Crippen molar-refractivity contribution in [3.63, 3.8) is 0 Å². The van der Waals surface area contributed by atoms with Crippen molar-refractivity contribution in [2.24, 2.45) is 0 Å². The van der Waals surface area contributed by atoms with E-state index >= 15 is 0 Å². The number of methoxy groups -OCH3 is 1. The first kappa shape index (κ1) is 27.1. The van der Waals surface area contributed by atoms with Gasteiger partial charge in [0.25, 0.3) is 5.91 Å². The summed E-state index contributed by atoms with van der Waals surface area (Å²) in [6, 6.07) is 13.6. The molecule has 0 bridgehead atoms. The van der Waals surface area contributed by atoms with Crippen LogP contribution < -0.4 is 5.73 Å². The fourth-order valence-electron chi connectivity index (χ4n) is 5.89. The van der Waals surface area contributed by atoms with E-state index in [1.165, 1.54) is 18.4 Å². The Bertz CT molecular complexity index is 1590. The highest BCUT2D eigenvalue weighted by Crippen LogP contribution is 2.40. The number of nitrogens with zero attached hydrogens (tertiary/aromatic N) is 5. The van der Waals surface area contributed by atoms with Gasteiger partial charge in [0.15, 0.2) is 5.78 Å². The molecule has 9 heteroatoms. The van der Waals surface area contributed by atoms with Gasteiger partial charge in [-0.3, -0.25) is 14.6 Å². The van der Waals surface area contributed by atoms with Crippen molar-refractivity contribution < 1.29 is 14.3 Å². The lowest BCUT2D eigenvalue weighted by molar-refractivity contribution is -0.144. The first-order valence-corrected chi connectivity index (χ1v) is 14.4. The van der Waals surface area contributed by atoms with Crippen molar-refractivity contribution in [1.29, 1.82) is 0 Å². The molecule has 1 saturated heterocycles. The lowest BCUT2D eigenvalue weighted by Gasteiger charge is -2.38. The normalized spacial score (nSPS) is 19.8. The van der Waals surface area contributed by atoms with Gasteiger partial charge in [0.05, 0.1) is 17.8 Å². The minimum atomic E-state index is -0.496. The molecule has 4 aromatic rings. The summed E-state index contributed by atoms with van der Waals surface area (Å²) in [6.45, 7) is 4.43. The summed E-state index contributed by atoms with van der Waals surface area (Å²) in [6.07, 6.45) is 7.48. The van der Waals surface area contributed by atoms with E-state index in [2.05, 4.69) is 23.0 Å². The number of Topliss-reactive ketones (excluding diaryl/α,β-unsaturated/α-hetero) is 1. The number of carbonyl (C=O) groups is 2. The number of fused-ring (bicyclic) bond motifs is 1. The Morgan fingerprint density at radius 1 is 1.02 bits per heavy atom. The van der Waals surface area contributed by atoms with Crippen molar-refractivity contribution in [2.45, 2.75) is 69.9 Å². The van der Waals surface area contributed by atoms with E-state index in [1.54, 1.807) is 26.4 Å². The van der Waals surface area contributed by atoms with E-state index < -0.39 is 6.10 Å². The number of nitrogen functional groups attached to an aromatic ring is 1. The number of pyridine rings is 2. The van der Waals surface area contributed by atoms with Crippen LogP contribution in [0.1, 0.15) is 78.7 Å². The standard InChI is InChI=1S/C32H36N6O3/c1-19-4-5-24(18-37(19)32(40)20(2)41-3)29-27-13-15-35-31(33)30(27)38(36-29)26-10-8-22(9-11-26)28(39)17-25-16-23(12-14-34-25)21-6-7-21/h8-16,19-21,24H,4-7,17-18H2,1-3H3,(H2,33,35)/t19-,20-,24+/m0/s1. The van der Waals surface area contributed by atoms with Gasteiger partial charge >= 0.3 is 0 Å².